The number of ether oxygens (including phenoxy) is 1. The number of hydrogen-bond acceptors (Lipinski definition) is 5. The average Bonchev–Trinajstić information content (AvgIpc) is 2.83. The minimum absolute atomic E-state index is 0.244. The van der Waals surface area contributed by atoms with Gasteiger partial charge in [0.05, 0.1) is 12.4 Å². The number of hydrogen-bond donors (Lipinski definition) is 0. The van der Waals surface area contributed by atoms with E-state index in [4.69, 9.17) is 4.74 Å². The van der Waals surface area contributed by atoms with Crippen LogP contribution in [-0.4, -0.2) is 42.4 Å². The fourth-order valence-electron chi connectivity index (χ4n) is 2.88. The summed E-state index contributed by atoms with van der Waals surface area (Å²) in [5.41, 5.74) is 1.39. The van der Waals surface area contributed by atoms with E-state index in [9.17, 15) is 8.42 Å². The standard InChI is InChI=1S/C14H19N3O3S/c1-20-9-7-12-16-11-5-4-8-15-14(11)17(12)13-6-2-3-10-21(13,18)19/h4-5,8,13H,2-3,6-7,9-10H2,1H3. The second kappa shape index (κ2) is 5.73. The van der Waals surface area contributed by atoms with Gasteiger partial charge >= 0.3 is 0 Å². The summed E-state index contributed by atoms with van der Waals surface area (Å²) in [6.45, 7) is 0.510. The third kappa shape index (κ3) is 2.67. The van der Waals surface area contributed by atoms with Crippen LogP contribution in [0.5, 0.6) is 0 Å². The molecule has 0 radical (unpaired) electrons. The Morgan fingerprint density at radius 1 is 1.43 bits per heavy atom. The van der Waals surface area contributed by atoms with E-state index in [1.54, 1.807) is 13.3 Å². The lowest BCUT2D eigenvalue weighted by molar-refractivity contribution is 0.199. The summed E-state index contributed by atoms with van der Waals surface area (Å²) < 4.78 is 31.8. The molecule has 0 aromatic carbocycles. The maximum Gasteiger partial charge on any atom is 0.171 e. The Kier molecular flexibility index (Phi) is 3.95. The number of pyridine rings is 1. The van der Waals surface area contributed by atoms with Crippen molar-refractivity contribution in [1.82, 2.24) is 14.5 Å². The van der Waals surface area contributed by atoms with Gasteiger partial charge in [0.1, 0.15) is 16.7 Å². The van der Waals surface area contributed by atoms with Crippen molar-refractivity contribution >= 4 is 21.0 Å². The predicted octanol–water partition coefficient (Wildman–Crippen LogP) is 1.72. The van der Waals surface area contributed by atoms with Gasteiger partial charge in [-0.05, 0) is 31.4 Å². The molecule has 0 bridgehead atoms. The second-order valence-electron chi connectivity index (χ2n) is 5.30. The van der Waals surface area contributed by atoms with Gasteiger partial charge in [-0.15, -0.1) is 0 Å². The first-order valence-electron chi connectivity index (χ1n) is 7.16. The van der Waals surface area contributed by atoms with Crippen LogP contribution in [-0.2, 0) is 21.0 Å². The van der Waals surface area contributed by atoms with Crippen molar-refractivity contribution in [3.63, 3.8) is 0 Å². The van der Waals surface area contributed by atoms with Crippen LogP contribution in [0.2, 0.25) is 0 Å². The van der Waals surface area contributed by atoms with Gasteiger partial charge in [0, 0.05) is 19.7 Å². The van der Waals surface area contributed by atoms with Gasteiger partial charge in [-0.2, -0.15) is 0 Å². The van der Waals surface area contributed by atoms with E-state index in [1.807, 2.05) is 16.7 Å². The Hall–Kier alpha value is -1.47. The highest BCUT2D eigenvalue weighted by Crippen LogP contribution is 2.32. The molecule has 1 atom stereocenters. The largest absolute Gasteiger partial charge is 0.384 e. The molecule has 1 aliphatic heterocycles. The first kappa shape index (κ1) is 14.5. The molecule has 1 aliphatic rings. The zero-order valence-corrected chi connectivity index (χ0v) is 12.8. The van der Waals surface area contributed by atoms with Crippen LogP contribution in [0.3, 0.4) is 0 Å². The normalized spacial score (nSPS) is 21.7. The van der Waals surface area contributed by atoms with E-state index in [1.165, 1.54) is 0 Å². The molecule has 0 saturated carbocycles. The molecule has 1 fully saturated rings. The molecule has 3 rings (SSSR count). The molecule has 0 amide bonds. The van der Waals surface area contributed by atoms with Crippen molar-refractivity contribution in [2.45, 2.75) is 31.1 Å². The second-order valence-corrected chi connectivity index (χ2v) is 7.58. The Morgan fingerprint density at radius 3 is 3.05 bits per heavy atom. The lowest BCUT2D eigenvalue weighted by Crippen LogP contribution is -2.28. The number of methoxy groups -OCH3 is 1. The van der Waals surface area contributed by atoms with E-state index in [2.05, 4.69) is 9.97 Å². The van der Waals surface area contributed by atoms with Crippen LogP contribution < -0.4 is 0 Å². The molecule has 2 aromatic heterocycles. The monoisotopic (exact) mass is 309 g/mol. The molecule has 1 unspecified atom stereocenters. The molecule has 114 valence electrons. The lowest BCUT2D eigenvalue weighted by atomic mass is 10.2. The first-order valence-corrected chi connectivity index (χ1v) is 8.87. The van der Waals surface area contributed by atoms with Crippen molar-refractivity contribution < 1.29 is 13.2 Å². The zero-order chi connectivity index (χ0) is 14.9. The quantitative estimate of drug-likeness (QED) is 0.859. The molecule has 3 heterocycles. The van der Waals surface area contributed by atoms with Crippen LogP contribution >= 0.6 is 0 Å². The topological polar surface area (TPSA) is 74.1 Å². The number of fused-ring (bicyclic) bond motifs is 1. The number of aromatic nitrogens is 3. The van der Waals surface area contributed by atoms with Gasteiger partial charge in [0.25, 0.3) is 0 Å². The van der Waals surface area contributed by atoms with Crippen molar-refractivity contribution in [3.8, 4) is 0 Å². The highest BCUT2D eigenvalue weighted by atomic mass is 32.2. The highest BCUT2D eigenvalue weighted by molar-refractivity contribution is 7.91. The summed E-state index contributed by atoms with van der Waals surface area (Å²) in [4.78, 5) is 8.89. The minimum Gasteiger partial charge on any atom is -0.384 e. The van der Waals surface area contributed by atoms with Gasteiger partial charge in [0.2, 0.25) is 0 Å². The third-order valence-electron chi connectivity index (χ3n) is 3.88. The molecule has 7 heteroatoms. The van der Waals surface area contributed by atoms with Gasteiger partial charge in [-0.25, -0.2) is 18.4 Å². The van der Waals surface area contributed by atoms with Gasteiger partial charge in [-0.3, -0.25) is 4.57 Å². The number of sulfone groups is 1. The molecular weight excluding hydrogens is 290 g/mol. The summed E-state index contributed by atoms with van der Waals surface area (Å²) in [7, 11) is -1.52. The van der Waals surface area contributed by atoms with Crippen LogP contribution in [0.4, 0.5) is 0 Å². The molecule has 0 spiro atoms. The van der Waals surface area contributed by atoms with Crippen molar-refractivity contribution in [2.75, 3.05) is 19.5 Å². The first-order chi connectivity index (χ1) is 10.1. The Labute approximate surface area is 124 Å². The van der Waals surface area contributed by atoms with Crippen molar-refractivity contribution in [2.24, 2.45) is 0 Å². The molecule has 0 N–H and O–H groups in total. The van der Waals surface area contributed by atoms with Gasteiger partial charge in [-0.1, -0.05) is 0 Å². The summed E-state index contributed by atoms with van der Waals surface area (Å²) >= 11 is 0. The Bertz CT molecular complexity index is 739. The number of rotatable bonds is 4. The minimum atomic E-state index is -3.14. The molecule has 2 aromatic rings. The van der Waals surface area contributed by atoms with E-state index >= 15 is 0 Å². The predicted molar refractivity (Wildman–Crippen MR) is 79.8 cm³/mol. The van der Waals surface area contributed by atoms with E-state index in [0.29, 0.717) is 25.1 Å². The van der Waals surface area contributed by atoms with Crippen LogP contribution in [0.1, 0.15) is 30.5 Å². The Balaban J connectivity index is 2.14. The Morgan fingerprint density at radius 2 is 2.29 bits per heavy atom. The molecule has 6 nitrogen and oxygen atoms in total. The SMILES string of the molecule is COCCc1nc2cccnc2n1C1CCCCS1(=O)=O. The van der Waals surface area contributed by atoms with Crippen molar-refractivity contribution in [3.05, 3.63) is 24.2 Å². The summed E-state index contributed by atoms with van der Waals surface area (Å²) in [6, 6.07) is 3.68. The lowest BCUT2D eigenvalue weighted by Gasteiger charge is -2.25. The highest BCUT2D eigenvalue weighted by Gasteiger charge is 2.33. The third-order valence-corrected chi connectivity index (χ3v) is 6.02. The van der Waals surface area contributed by atoms with Gasteiger partial charge < -0.3 is 4.74 Å². The molecule has 0 aliphatic carbocycles. The fourth-order valence-corrected chi connectivity index (χ4v) is 4.82. The van der Waals surface area contributed by atoms with Crippen LogP contribution in [0, 0.1) is 0 Å². The van der Waals surface area contributed by atoms with Crippen LogP contribution in [0.25, 0.3) is 11.2 Å². The van der Waals surface area contributed by atoms with Crippen LogP contribution in [0.15, 0.2) is 18.3 Å². The summed E-state index contributed by atoms with van der Waals surface area (Å²) in [5.74, 6) is 0.981. The van der Waals surface area contributed by atoms with E-state index in [0.717, 1.165) is 24.2 Å². The summed E-state index contributed by atoms with van der Waals surface area (Å²) in [6.07, 6.45) is 4.55. The summed E-state index contributed by atoms with van der Waals surface area (Å²) in [5, 5.41) is -0.544. The smallest absolute Gasteiger partial charge is 0.171 e. The van der Waals surface area contributed by atoms with E-state index in [-0.39, 0.29) is 5.75 Å². The van der Waals surface area contributed by atoms with Gasteiger partial charge in [0.15, 0.2) is 15.5 Å². The fraction of sp³-hybridized carbons (Fsp3) is 0.571. The van der Waals surface area contributed by atoms with Crippen molar-refractivity contribution in [1.29, 1.82) is 0 Å². The maximum atomic E-state index is 12.4. The zero-order valence-electron chi connectivity index (χ0n) is 12.0. The molecule has 1 saturated heterocycles. The number of imidazole rings is 1. The maximum absolute atomic E-state index is 12.4. The number of nitrogens with zero attached hydrogens (tertiary/aromatic N) is 3. The van der Waals surface area contributed by atoms with E-state index < -0.39 is 15.2 Å². The molecular formula is C14H19N3O3S. The molecule has 21 heavy (non-hydrogen) atoms. The average molecular weight is 309 g/mol.